The first-order valence-corrected chi connectivity index (χ1v) is 3.36. The zero-order chi connectivity index (χ0) is 7.68. The molecule has 0 spiro atoms. The lowest BCUT2D eigenvalue weighted by Gasteiger charge is -1.96. The number of nitrogens with one attached hydrogen (secondary N) is 2. The molecule has 3 nitrogen and oxygen atoms in total. The van der Waals surface area contributed by atoms with E-state index in [0.717, 1.165) is 16.6 Å². The molecule has 0 amide bonds. The standard InChI is InChI=1S/C8H8N3/c1-9-7-3-2-6-5-10-11-8(6)4-7/h2-5,9H,1H2,(H,10,11). The minimum absolute atomic E-state index is 0.988. The molecule has 1 aromatic heterocycles. The summed E-state index contributed by atoms with van der Waals surface area (Å²) in [6, 6.07) is 5.92. The number of hydrogen-bond donors (Lipinski definition) is 2. The Morgan fingerprint density at radius 2 is 2.36 bits per heavy atom. The molecular weight excluding hydrogens is 138 g/mol. The molecule has 55 valence electrons. The molecule has 11 heavy (non-hydrogen) atoms. The van der Waals surface area contributed by atoms with E-state index < -0.39 is 0 Å². The molecule has 0 saturated carbocycles. The van der Waals surface area contributed by atoms with Crippen molar-refractivity contribution in [3.63, 3.8) is 0 Å². The van der Waals surface area contributed by atoms with Crippen molar-refractivity contribution < 1.29 is 0 Å². The highest BCUT2D eigenvalue weighted by atomic mass is 15.1. The molecular formula is C8H8N3. The van der Waals surface area contributed by atoms with Crippen molar-refractivity contribution >= 4 is 16.6 Å². The summed E-state index contributed by atoms with van der Waals surface area (Å²) in [6.07, 6.45) is 1.79. The number of anilines is 1. The maximum absolute atomic E-state index is 3.90. The van der Waals surface area contributed by atoms with E-state index in [0.29, 0.717) is 0 Å². The molecule has 1 heterocycles. The van der Waals surface area contributed by atoms with Gasteiger partial charge in [-0.2, -0.15) is 5.10 Å². The van der Waals surface area contributed by atoms with Crippen LogP contribution in [-0.4, -0.2) is 10.2 Å². The summed E-state index contributed by atoms with van der Waals surface area (Å²) in [5, 5.41) is 10.7. The first kappa shape index (κ1) is 6.22. The van der Waals surface area contributed by atoms with E-state index in [1.54, 1.807) is 6.20 Å². The molecule has 2 aromatic rings. The van der Waals surface area contributed by atoms with Crippen molar-refractivity contribution in [2.75, 3.05) is 5.32 Å². The second kappa shape index (κ2) is 2.27. The van der Waals surface area contributed by atoms with Crippen LogP contribution in [0.3, 0.4) is 0 Å². The van der Waals surface area contributed by atoms with Crippen molar-refractivity contribution in [2.45, 2.75) is 0 Å². The topological polar surface area (TPSA) is 40.7 Å². The number of H-pyrrole nitrogens is 1. The Bertz CT molecular complexity index is 364. The number of rotatable bonds is 1. The summed E-state index contributed by atoms with van der Waals surface area (Å²) in [6.45, 7) is 0. The van der Waals surface area contributed by atoms with E-state index in [9.17, 15) is 0 Å². The van der Waals surface area contributed by atoms with Gasteiger partial charge in [0.2, 0.25) is 0 Å². The summed E-state index contributed by atoms with van der Waals surface area (Å²) in [5.74, 6) is 0. The van der Waals surface area contributed by atoms with Crippen molar-refractivity contribution in [3.05, 3.63) is 31.4 Å². The fraction of sp³-hybridized carbons (Fsp3) is 0. The lowest BCUT2D eigenvalue weighted by atomic mass is 10.2. The molecule has 0 unspecified atom stereocenters. The zero-order valence-corrected chi connectivity index (χ0v) is 5.96. The summed E-state index contributed by atoms with van der Waals surface area (Å²) < 4.78 is 0. The minimum atomic E-state index is 0.988. The van der Waals surface area contributed by atoms with Gasteiger partial charge in [0, 0.05) is 18.1 Å². The summed E-state index contributed by atoms with van der Waals surface area (Å²) in [7, 11) is 3.56. The molecule has 0 aliphatic rings. The Balaban J connectivity index is 2.67. The second-order valence-electron chi connectivity index (χ2n) is 2.35. The van der Waals surface area contributed by atoms with Crippen LogP contribution in [0.2, 0.25) is 0 Å². The normalized spacial score (nSPS) is 10.3. The molecule has 0 fully saturated rings. The highest BCUT2D eigenvalue weighted by Gasteiger charge is 1.94. The van der Waals surface area contributed by atoms with Gasteiger partial charge in [-0.3, -0.25) is 5.10 Å². The quantitative estimate of drug-likeness (QED) is 0.643. The fourth-order valence-corrected chi connectivity index (χ4v) is 1.05. The van der Waals surface area contributed by atoms with Gasteiger partial charge in [0.15, 0.2) is 0 Å². The van der Waals surface area contributed by atoms with Gasteiger partial charge in [-0.1, -0.05) is 0 Å². The van der Waals surface area contributed by atoms with Crippen LogP contribution in [0, 0.1) is 7.05 Å². The molecule has 0 atom stereocenters. The van der Waals surface area contributed by atoms with Crippen LogP contribution in [0.1, 0.15) is 0 Å². The Labute approximate surface area is 64.4 Å². The fourth-order valence-electron chi connectivity index (χ4n) is 1.05. The Morgan fingerprint density at radius 1 is 1.45 bits per heavy atom. The maximum Gasteiger partial charge on any atom is 0.0670 e. The summed E-state index contributed by atoms with van der Waals surface area (Å²) >= 11 is 0. The summed E-state index contributed by atoms with van der Waals surface area (Å²) in [4.78, 5) is 0. The molecule has 1 radical (unpaired) electrons. The molecule has 0 aliphatic heterocycles. The van der Waals surface area contributed by atoms with Gasteiger partial charge in [0.25, 0.3) is 0 Å². The monoisotopic (exact) mass is 146 g/mol. The van der Waals surface area contributed by atoms with Gasteiger partial charge in [-0.05, 0) is 18.2 Å². The second-order valence-corrected chi connectivity index (χ2v) is 2.35. The molecule has 0 saturated heterocycles. The third-order valence-corrected chi connectivity index (χ3v) is 1.65. The number of aromatic amines is 1. The average molecular weight is 146 g/mol. The van der Waals surface area contributed by atoms with Crippen LogP contribution >= 0.6 is 0 Å². The van der Waals surface area contributed by atoms with Crippen molar-refractivity contribution in [1.29, 1.82) is 0 Å². The van der Waals surface area contributed by atoms with Gasteiger partial charge in [-0.25, -0.2) is 0 Å². The zero-order valence-electron chi connectivity index (χ0n) is 5.96. The van der Waals surface area contributed by atoms with E-state index in [4.69, 9.17) is 0 Å². The van der Waals surface area contributed by atoms with E-state index >= 15 is 0 Å². The predicted octanol–water partition coefficient (Wildman–Crippen LogP) is 1.77. The first-order chi connectivity index (χ1) is 5.40. The lowest BCUT2D eigenvalue weighted by molar-refractivity contribution is 1.12. The van der Waals surface area contributed by atoms with Crippen LogP contribution in [0.4, 0.5) is 5.69 Å². The number of nitrogens with zero attached hydrogens (tertiary/aromatic N) is 1. The molecule has 0 aliphatic carbocycles. The van der Waals surface area contributed by atoms with E-state index in [1.807, 2.05) is 18.2 Å². The van der Waals surface area contributed by atoms with Crippen LogP contribution in [0.5, 0.6) is 0 Å². The Hall–Kier alpha value is -1.51. The Morgan fingerprint density at radius 3 is 3.18 bits per heavy atom. The molecule has 2 N–H and O–H groups in total. The van der Waals surface area contributed by atoms with Crippen LogP contribution in [-0.2, 0) is 0 Å². The molecule has 2 rings (SSSR count). The lowest BCUT2D eigenvalue weighted by Crippen LogP contribution is -1.82. The summed E-state index contributed by atoms with van der Waals surface area (Å²) in [5.41, 5.74) is 2.01. The highest BCUT2D eigenvalue weighted by Crippen LogP contribution is 2.15. The average Bonchev–Trinajstić information content (AvgIpc) is 2.50. The third-order valence-electron chi connectivity index (χ3n) is 1.65. The largest absolute Gasteiger partial charge is 0.383 e. The van der Waals surface area contributed by atoms with Crippen molar-refractivity contribution in [3.8, 4) is 0 Å². The van der Waals surface area contributed by atoms with E-state index in [2.05, 4.69) is 22.6 Å². The third kappa shape index (κ3) is 0.941. The smallest absolute Gasteiger partial charge is 0.0670 e. The molecule has 1 aromatic carbocycles. The Kier molecular flexibility index (Phi) is 1.28. The SMILES string of the molecule is [CH2]Nc1ccc2cn[nH]c2c1. The van der Waals surface area contributed by atoms with Crippen molar-refractivity contribution in [2.24, 2.45) is 0 Å². The maximum atomic E-state index is 3.90. The number of aromatic nitrogens is 2. The number of benzene rings is 1. The van der Waals surface area contributed by atoms with Crippen LogP contribution in [0.25, 0.3) is 10.9 Å². The molecule has 0 bridgehead atoms. The van der Waals surface area contributed by atoms with Gasteiger partial charge < -0.3 is 5.32 Å². The minimum Gasteiger partial charge on any atom is -0.383 e. The number of fused-ring (bicyclic) bond motifs is 1. The first-order valence-electron chi connectivity index (χ1n) is 3.36. The van der Waals surface area contributed by atoms with Gasteiger partial charge in [0.05, 0.1) is 11.7 Å². The van der Waals surface area contributed by atoms with Crippen LogP contribution < -0.4 is 5.32 Å². The molecule has 3 heteroatoms. The predicted molar refractivity (Wildman–Crippen MR) is 45.1 cm³/mol. The van der Waals surface area contributed by atoms with Gasteiger partial charge in [-0.15, -0.1) is 0 Å². The van der Waals surface area contributed by atoms with E-state index in [-0.39, 0.29) is 0 Å². The van der Waals surface area contributed by atoms with Crippen molar-refractivity contribution in [1.82, 2.24) is 10.2 Å². The van der Waals surface area contributed by atoms with Crippen LogP contribution in [0.15, 0.2) is 24.4 Å². The number of hydrogen-bond acceptors (Lipinski definition) is 2. The highest BCUT2D eigenvalue weighted by molar-refractivity contribution is 5.81. The van der Waals surface area contributed by atoms with Gasteiger partial charge in [0.1, 0.15) is 0 Å². The van der Waals surface area contributed by atoms with Gasteiger partial charge >= 0.3 is 0 Å². The van der Waals surface area contributed by atoms with E-state index in [1.165, 1.54) is 0 Å².